The first-order valence-electron chi connectivity index (χ1n) is 12.5. The van der Waals surface area contributed by atoms with Gasteiger partial charge in [-0.1, -0.05) is 79.8 Å². The van der Waals surface area contributed by atoms with Crippen LogP contribution >= 0.6 is 0 Å². The van der Waals surface area contributed by atoms with Crippen LogP contribution in [0.4, 0.5) is 0 Å². The molecule has 1 rings (SSSR count). The molecule has 1 fully saturated rings. The van der Waals surface area contributed by atoms with E-state index in [2.05, 4.69) is 91.8 Å². The molecule has 1 aliphatic rings. The maximum Gasteiger partial charge on any atom is 0.306 e. The number of rotatable bonds is 16. The van der Waals surface area contributed by atoms with Crippen molar-refractivity contribution in [2.75, 3.05) is 26.7 Å². The summed E-state index contributed by atoms with van der Waals surface area (Å²) in [5.41, 5.74) is 0. The van der Waals surface area contributed by atoms with Crippen LogP contribution in [0.5, 0.6) is 0 Å². The summed E-state index contributed by atoms with van der Waals surface area (Å²) in [6, 6.07) is 0. The fraction of sp³-hybridized carbons (Fsp3) is 0.552. The summed E-state index contributed by atoms with van der Waals surface area (Å²) in [4.78, 5) is 14.2. The molecule has 0 aromatic rings. The Morgan fingerprint density at radius 1 is 0.750 bits per heavy atom. The lowest BCUT2D eigenvalue weighted by atomic mass is 9.98. The van der Waals surface area contributed by atoms with Gasteiger partial charge in [0, 0.05) is 6.42 Å². The third kappa shape index (κ3) is 17.5. The highest BCUT2D eigenvalue weighted by atomic mass is 16.5. The van der Waals surface area contributed by atoms with Gasteiger partial charge in [-0.15, -0.1) is 0 Å². The Balaban J connectivity index is 1.94. The molecule has 0 aromatic carbocycles. The molecule has 1 saturated heterocycles. The molecule has 0 amide bonds. The number of carbonyl (C=O) groups excluding carboxylic acids is 1. The lowest BCUT2D eigenvalue weighted by Crippen LogP contribution is -2.32. The molecular weight excluding hydrogens is 394 g/mol. The second-order valence-electron chi connectivity index (χ2n) is 8.38. The Morgan fingerprint density at radius 2 is 1.19 bits per heavy atom. The minimum absolute atomic E-state index is 0.0662. The van der Waals surface area contributed by atoms with Crippen LogP contribution in [0.2, 0.25) is 0 Å². The molecule has 0 saturated carbocycles. The van der Waals surface area contributed by atoms with Crippen molar-refractivity contribution in [3.05, 3.63) is 72.9 Å². The summed E-state index contributed by atoms with van der Waals surface area (Å²) in [5, 5.41) is 0. The quantitative estimate of drug-likeness (QED) is 0.186. The van der Waals surface area contributed by atoms with Gasteiger partial charge >= 0.3 is 5.97 Å². The van der Waals surface area contributed by atoms with Crippen molar-refractivity contribution < 1.29 is 9.53 Å². The van der Waals surface area contributed by atoms with E-state index in [9.17, 15) is 4.79 Å². The first-order chi connectivity index (χ1) is 15.7. The molecule has 0 aromatic heterocycles. The maximum absolute atomic E-state index is 11.8. The Morgan fingerprint density at radius 3 is 1.66 bits per heavy atom. The van der Waals surface area contributed by atoms with Gasteiger partial charge < -0.3 is 9.64 Å². The third-order valence-electron chi connectivity index (χ3n) is 5.43. The second-order valence-corrected chi connectivity index (χ2v) is 8.38. The standard InChI is InChI=1S/C29H45NO2/c1-3-4-5-6-7-8-9-10-11-12-13-14-15-16-17-18-19-20-21-22-29(31)32-27-28-23-25-30(2)26-24-28/h4-5,7-8,10-11,13-14,16-17,19-20,28H,3,6,9,12,15,18,21-27H2,1-2H3. The average molecular weight is 440 g/mol. The lowest BCUT2D eigenvalue weighted by molar-refractivity contribution is -0.145. The molecule has 0 atom stereocenters. The summed E-state index contributed by atoms with van der Waals surface area (Å²) >= 11 is 0. The van der Waals surface area contributed by atoms with Crippen molar-refractivity contribution in [1.82, 2.24) is 4.90 Å². The summed E-state index contributed by atoms with van der Waals surface area (Å²) < 4.78 is 5.43. The molecule has 0 aliphatic carbocycles. The Bertz CT molecular complexity index is 632. The van der Waals surface area contributed by atoms with Crippen LogP contribution in [0, 0.1) is 5.92 Å². The van der Waals surface area contributed by atoms with Crippen LogP contribution in [0.25, 0.3) is 0 Å². The van der Waals surface area contributed by atoms with Gasteiger partial charge in [-0.2, -0.15) is 0 Å². The number of ether oxygens (including phenoxy) is 1. The Kier molecular flexibility index (Phi) is 18.1. The van der Waals surface area contributed by atoms with Crippen LogP contribution in [0.1, 0.15) is 71.1 Å². The lowest BCUT2D eigenvalue weighted by Gasteiger charge is -2.28. The van der Waals surface area contributed by atoms with E-state index in [1.807, 2.05) is 0 Å². The number of carbonyl (C=O) groups is 1. The zero-order valence-electron chi connectivity index (χ0n) is 20.5. The van der Waals surface area contributed by atoms with Crippen LogP contribution in [-0.2, 0) is 9.53 Å². The van der Waals surface area contributed by atoms with Gasteiger partial charge in [-0.3, -0.25) is 4.79 Å². The Hall–Kier alpha value is -2.13. The van der Waals surface area contributed by atoms with E-state index in [1.54, 1.807) is 0 Å². The molecule has 3 heteroatoms. The van der Waals surface area contributed by atoms with Gasteiger partial charge in [0.05, 0.1) is 6.61 Å². The predicted molar refractivity (Wildman–Crippen MR) is 139 cm³/mol. The molecule has 3 nitrogen and oxygen atoms in total. The van der Waals surface area contributed by atoms with Gasteiger partial charge in [-0.25, -0.2) is 0 Å². The van der Waals surface area contributed by atoms with Crippen LogP contribution in [0.15, 0.2) is 72.9 Å². The van der Waals surface area contributed by atoms with Crippen LogP contribution in [0.3, 0.4) is 0 Å². The zero-order valence-corrected chi connectivity index (χ0v) is 20.5. The molecule has 32 heavy (non-hydrogen) atoms. The van der Waals surface area contributed by atoms with Crippen molar-refractivity contribution in [1.29, 1.82) is 0 Å². The minimum atomic E-state index is -0.0662. The number of esters is 1. The zero-order chi connectivity index (χ0) is 23.1. The van der Waals surface area contributed by atoms with Gasteiger partial charge in [0.15, 0.2) is 0 Å². The van der Waals surface area contributed by atoms with Gasteiger partial charge in [-0.05, 0) is 83.8 Å². The monoisotopic (exact) mass is 439 g/mol. The van der Waals surface area contributed by atoms with E-state index < -0.39 is 0 Å². The third-order valence-corrected chi connectivity index (χ3v) is 5.43. The second kappa shape index (κ2) is 20.8. The van der Waals surface area contributed by atoms with Crippen molar-refractivity contribution in [2.24, 2.45) is 5.92 Å². The van der Waals surface area contributed by atoms with E-state index in [0.29, 0.717) is 18.9 Å². The first kappa shape index (κ1) is 27.9. The average Bonchev–Trinajstić information content (AvgIpc) is 2.80. The summed E-state index contributed by atoms with van der Waals surface area (Å²) in [6.45, 7) is 4.97. The molecule has 1 heterocycles. The van der Waals surface area contributed by atoms with Gasteiger partial charge in [0.25, 0.3) is 0 Å². The number of likely N-dealkylation sites (tertiary alicyclic amines) is 1. The topological polar surface area (TPSA) is 29.5 Å². The minimum Gasteiger partial charge on any atom is -0.465 e. The van der Waals surface area contributed by atoms with E-state index in [0.717, 1.165) is 70.9 Å². The predicted octanol–water partition coefficient (Wildman–Crippen LogP) is 7.35. The fourth-order valence-corrected chi connectivity index (χ4v) is 3.35. The van der Waals surface area contributed by atoms with E-state index in [-0.39, 0.29) is 5.97 Å². The molecule has 0 bridgehead atoms. The Labute approximate surface area is 197 Å². The van der Waals surface area contributed by atoms with Gasteiger partial charge in [0.2, 0.25) is 0 Å². The summed E-state index contributed by atoms with van der Waals surface area (Å²) in [6.07, 6.45) is 35.8. The van der Waals surface area contributed by atoms with Crippen molar-refractivity contribution in [3.63, 3.8) is 0 Å². The van der Waals surface area contributed by atoms with Crippen LogP contribution in [-0.4, -0.2) is 37.6 Å². The summed E-state index contributed by atoms with van der Waals surface area (Å²) in [7, 11) is 2.15. The highest BCUT2D eigenvalue weighted by Crippen LogP contribution is 2.16. The van der Waals surface area contributed by atoms with E-state index in [1.165, 1.54) is 0 Å². The van der Waals surface area contributed by atoms with Crippen molar-refractivity contribution in [2.45, 2.75) is 71.1 Å². The maximum atomic E-state index is 11.8. The number of piperidine rings is 1. The summed E-state index contributed by atoms with van der Waals surface area (Å²) in [5.74, 6) is 0.476. The first-order valence-corrected chi connectivity index (χ1v) is 12.5. The molecule has 0 unspecified atom stereocenters. The normalized spacial score (nSPS) is 16.8. The SMILES string of the molecule is CCC=CCC=CCC=CCC=CCC=CCC=CCCC(=O)OCC1CCN(C)CC1. The molecule has 178 valence electrons. The molecular formula is C29H45NO2. The largest absolute Gasteiger partial charge is 0.465 e. The smallest absolute Gasteiger partial charge is 0.306 e. The van der Waals surface area contributed by atoms with E-state index in [4.69, 9.17) is 4.74 Å². The van der Waals surface area contributed by atoms with E-state index >= 15 is 0 Å². The number of nitrogens with zero attached hydrogens (tertiary/aromatic N) is 1. The molecule has 1 aliphatic heterocycles. The molecule has 0 spiro atoms. The van der Waals surface area contributed by atoms with Crippen molar-refractivity contribution in [3.8, 4) is 0 Å². The van der Waals surface area contributed by atoms with Gasteiger partial charge in [0.1, 0.15) is 0 Å². The number of allylic oxidation sites excluding steroid dienone is 12. The van der Waals surface area contributed by atoms with Crippen molar-refractivity contribution >= 4 is 5.97 Å². The number of hydrogen-bond donors (Lipinski definition) is 0. The highest BCUT2D eigenvalue weighted by Gasteiger charge is 2.17. The number of hydrogen-bond acceptors (Lipinski definition) is 3. The highest BCUT2D eigenvalue weighted by molar-refractivity contribution is 5.69. The van der Waals surface area contributed by atoms with Crippen LogP contribution < -0.4 is 0 Å². The fourth-order valence-electron chi connectivity index (χ4n) is 3.35. The molecule has 0 radical (unpaired) electrons. The molecule has 0 N–H and O–H groups in total.